The maximum absolute atomic E-state index is 5.45. The van der Waals surface area contributed by atoms with Crippen molar-refractivity contribution < 1.29 is 4.52 Å². The Hall–Kier alpha value is -2.29. The van der Waals surface area contributed by atoms with Gasteiger partial charge in [-0.3, -0.25) is 4.90 Å². The van der Waals surface area contributed by atoms with Crippen LogP contribution in [0, 0.1) is 13.8 Å². The van der Waals surface area contributed by atoms with Crippen molar-refractivity contribution in [3.63, 3.8) is 0 Å². The van der Waals surface area contributed by atoms with Crippen molar-refractivity contribution >= 4 is 12.4 Å². The summed E-state index contributed by atoms with van der Waals surface area (Å²) in [5, 5.41) is 12.0. The molecule has 1 fully saturated rings. The average Bonchev–Trinajstić information content (AvgIpc) is 3.22. The molecule has 3 aromatic rings. The lowest BCUT2D eigenvalue weighted by atomic mass is 10.2. The number of nitrogens with one attached hydrogen (secondary N) is 1. The van der Waals surface area contributed by atoms with Gasteiger partial charge < -0.3 is 9.84 Å². The van der Waals surface area contributed by atoms with Gasteiger partial charge in [0, 0.05) is 31.5 Å². The van der Waals surface area contributed by atoms with Gasteiger partial charge in [-0.25, -0.2) is 9.67 Å². The standard InChI is InChI=1S/C17H21N7O.ClH/c1-11-8-12(2)24(21-11)15-5-4-13(9-19-15)17-20-16(22-25-17)14-10-18-6-7-23(14)3;/h4-5,8-9,14,18H,6-7,10H2,1-3H3;1H. The molecule has 4 rings (SSSR count). The van der Waals surface area contributed by atoms with Crippen LogP contribution in [0.5, 0.6) is 0 Å². The second-order valence-electron chi connectivity index (χ2n) is 6.40. The first kappa shape index (κ1) is 18.5. The van der Waals surface area contributed by atoms with E-state index in [9.17, 15) is 0 Å². The normalized spacial score (nSPS) is 17.9. The molecule has 1 aliphatic rings. The molecule has 0 aromatic carbocycles. The minimum atomic E-state index is 0. The van der Waals surface area contributed by atoms with Gasteiger partial charge in [0.1, 0.15) is 0 Å². The van der Waals surface area contributed by atoms with E-state index in [0.29, 0.717) is 11.7 Å². The highest BCUT2D eigenvalue weighted by molar-refractivity contribution is 5.85. The van der Waals surface area contributed by atoms with Crippen molar-refractivity contribution in [1.82, 2.24) is 35.1 Å². The molecule has 1 N–H and O–H groups in total. The summed E-state index contributed by atoms with van der Waals surface area (Å²) >= 11 is 0. The van der Waals surface area contributed by atoms with Crippen molar-refractivity contribution in [2.45, 2.75) is 19.9 Å². The molecule has 4 heterocycles. The molecule has 3 aromatic heterocycles. The van der Waals surface area contributed by atoms with Gasteiger partial charge >= 0.3 is 0 Å². The molecule has 0 saturated carbocycles. The van der Waals surface area contributed by atoms with E-state index >= 15 is 0 Å². The number of pyridine rings is 1. The summed E-state index contributed by atoms with van der Waals surface area (Å²) in [4.78, 5) is 11.3. The first-order chi connectivity index (χ1) is 12.1. The molecule has 1 aliphatic heterocycles. The van der Waals surface area contributed by atoms with E-state index in [1.54, 1.807) is 6.20 Å². The summed E-state index contributed by atoms with van der Waals surface area (Å²) in [6.45, 7) is 6.75. The van der Waals surface area contributed by atoms with Gasteiger partial charge in [-0.2, -0.15) is 10.1 Å². The number of halogens is 1. The molecular formula is C17H22ClN7O. The molecule has 26 heavy (non-hydrogen) atoms. The summed E-state index contributed by atoms with van der Waals surface area (Å²) in [5.41, 5.74) is 2.82. The number of hydrogen-bond donors (Lipinski definition) is 1. The van der Waals surface area contributed by atoms with E-state index in [1.165, 1.54) is 0 Å². The Morgan fingerprint density at radius 1 is 1.27 bits per heavy atom. The fraction of sp³-hybridized carbons (Fsp3) is 0.412. The molecular weight excluding hydrogens is 354 g/mol. The van der Waals surface area contributed by atoms with E-state index in [4.69, 9.17) is 4.52 Å². The Kier molecular flexibility index (Phi) is 5.36. The van der Waals surface area contributed by atoms with E-state index < -0.39 is 0 Å². The summed E-state index contributed by atoms with van der Waals surface area (Å²) in [7, 11) is 2.08. The maximum atomic E-state index is 5.45. The smallest absolute Gasteiger partial charge is 0.259 e. The third-order valence-corrected chi connectivity index (χ3v) is 4.47. The van der Waals surface area contributed by atoms with Crippen molar-refractivity contribution in [3.8, 4) is 17.3 Å². The van der Waals surface area contributed by atoms with Crippen LogP contribution in [-0.4, -0.2) is 56.5 Å². The zero-order chi connectivity index (χ0) is 17.4. The predicted molar refractivity (Wildman–Crippen MR) is 99.6 cm³/mol. The molecule has 9 heteroatoms. The number of aromatic nitrogens is 5. The highest BCUT2D eigenvalue weighted by Crippen LogP contribution is 2.23. The van der Waals surface area contributed by atoms with Crippen molar-refractivity contribution in [2.24, 2.45) is 0 Å². The highest BCUT2D eigenvalue weighted by Gasteiger charge is 2.25. The molecule has 0 radical (unpaired) electrons. The number of hydrogen-bond acceptors (Lipinski definition) is 7. The lowest BCUT2D eigenvalue weighted by Gasteiger charge is -2.30. The Morgan fingerprint density at radius 3 is 2.77 bits per heavy atom. The Morgan fingerprint density at radius 2 is 2.12 bits per heavy atom. The largest absolute Gasteiger partial charge is 0.334 e. The van der Waals surface area contributed by atoms with Gasteiger partial charge in [0.05, 0.1) is 17.3 Å². The van der Waals surface area contributed by atoms with E-state index in [2.05, 4.69) is 37.5 Å². The first-order valence-electron chi connectivity index (χ1n) is 8.36. The van der Waals surface area contributed by atoms with Crippen LogP contribution in [0.25, 0.3) is 17.3 Å². The van der Waals surface area contributed by atoms with E-state index in [1.807, 2.05) is 36.7 Å². The molecule has 1 atom stereocenters. The molecule has 8 nitrogen and oxygen atoms in total. The highest BCUT2D eigenvalue weighted by atomic mass is 35.5. The third-order valence-electron chi connectivity index (χ3n) is 4.47. The number of aryl methyl sites for hydroxylation is 2. The SMILES string of the molecule is Cc1cc(C)n(-c2ccc(-c3nc(C4CNCCN4C)no3)cn2)n1.Cl. The van der Waals surface area contributed by atoms with Gasteiger partial charge in [-0.15, -0.1) is 12.4 Å². The second kappa shape index (κ2) is 7.53. The quantitative estimate of drug-likeness (QED) is 0.748. The molecule has 0 bridgehead atoms. The van der Waals surface area contributed by atoms with Crippen molar-refractivity contribution in [1.29, 1.82) is 0 Å². The average molecular weight is 376 g/mol. The van der Waals surface area contributed by atoms with Crippen molar-refractivity contribution in [2.75, 3.05) is 26.7 Å². The first-order valence-corrected chi connectivity index (χ1v) is 8.36. The molecule has 0 spiro atoms. The Balaban J connectivity index is 0.00000196. The molecule has 1 saturated heterocycles. The van der Waals surface area contributed by atoms with Crippen LogP contribution in [0.15, 0.2) is 28.9 Å². The predicted octanol–water partition coefficient (Wildman–Crippen LogP) is 1.93. The monoisotopic (exact) mass is 375 g/mol. The van der Waals surface area contributed by atoms with Gasteiger partial charge in [-0.1, -0.05) is 5.16 Å². The molecule has 138 valence electrons. The topological polar surface area (TPSA) is 84.9 Å². The van der Waals surface area contributed by atoms with Crippen LogP contribution in [0.3, 0.4) is 0 Å². The maximum Gasteiger partial charge on any atom is 0.259 e. The number of likely N-dealkylation sites (N-methyl/N-ethyl adjacent to an activating group) is 1. The fourth-order valence-corrected chi connectivity index (χ4v) is 3.08. The minimum Gasteiger partial charge on any atom is -0.334 e. The van der Waals surface area contributed by atoms with Crippen LogP contribution >= 0.6 is 12.4 Å². The van der Waals surface area contributed by atoms with Crippen LogP contribution in [-0.2, 0) is 0 Å². The third kappa shape index (κ3) is 3.48. The van der Waals surface area contributed by atoms with Crippen LogP contribution in [0.2, 0.25) is 0 Å². The zero-order valence-corrected chi connectivity index (χ0v) is 15.8. The van der Waals surface area contributed by atoms with E-state index in [-0.39, 0.29) is 18.4 Å². The fourth-order valence-electron chi connectivity index (χ4n) is 3.08. The second-order valence-corrected chi connectivity index (χ2v) is 6.40. The summed E-state index contributed by atoms with van der Waals surface area (Å²) in [5.74, 6) is 1.96. The minimum absolute atomic E-state index is 0. The lowest BCUT2D eigenvalue weighted by Crippen LogP contribution is -2.44. The van der Waals surface area contributed by atoms with Crippen molar-refractivity contribution in [3.05, 3.63) is 41.6 Å². The number of rotatable bonds is 3. The van der Waals surface area contributed by atoms with E-state index in [0.717, 1.165) is 42.4 Å². The van der Waals surface area contributed by atoms with Crippen LogP contribution in [0.1, 0.15) is 23.3 Å². The zero-order valence-electron chi connectivity index (χ0n) is 15.0. The number of nitrogens with zero attached hydrogens (tertiary/aromatic N) is 6. The van der Waals surface area contributed by atoms with Crippen LogP contribution < -0.4 is 5.32 Å². The van der Waals surface area contributed by atoms with Gasteiger partial charge in [-0.05, 0) is 39.1 Å². The van der Waals surface area contributed by atoms with Gasteiger partial charge in [0.15, 0.2) is 11.6 Å². The molecule has 1 unspecified atom stereocenters. The Labute approximate surface area is 158 Å². The summed E-state index contributed by atoms with van der Waals surface area (Å²) < 4.78 is 7.27. The molecule has 0 amide bonds. The molecule has 0 aliphatic carbocycles. The number of piperazine rings is 1. The van der Waals surface area contributed by atoms with Crippen LogP contribution in [0.4, 0.5) is 0 Å². The summed E-state index contributed by atoms with van der Waals surface area (Å²) in [6, 6.07) is 5.99. The summed E-state index contributed by atoms with van der Waals surface area (Å²) in [6.07, 6.45) is 1.74. The Bertz CT molecular complexity index is 874. The lowest BCUT2D eigenvalue weighted by molar-refractivity contribution is 0.190. The van der Waals surface area contributed by atoms with Gasteiger partial charge in [0.25, 0.3) is 5.89 Å². The van der Waals surface area contributed by atoms with Gasteiger partial charge in [0.2, 0.25) is 0 Å².